The van der Waals surface area contributed by atoms with Gasteiger partial charge in [-0.3, -0.25) is 0 Å². The molecule has 0 spiro atoms. The number of carboxylic acid groups (broad SMARTS) is 1. The van der Waals surface area contributed by atoms with Gasteiger partial charge >= 0.3 is 5.97 Å². The Morgan fingerprint density at radius 1 is 1.33 bits per heavy atom. The first-order valence-corrected chi connectivity index (χ1v) is 5.21. The molecule has 1 N–H and O–H groups in total. The van der Waals surface area contributed by atoms with Crippen LogP contribution in [0.4, 0.5) is 4.39 Å². The second kappa shape index (κ2) is 4.01. The Labute approximate surface area is 87.7 Å². The molecule has 1 saturated carbocycles. The number of hydrogen-bond donors (Lipinski definition) is 1. The summed E-state index contributed by atoms with van der Waals surface area (Å²) in [6.45, 7) is 0. The van der Waals surface area contributed by atoms with Crippen LogP contribution in [-0.2, 0) is 0 Å². The van der Waals surface area contributed by atoms with Crippen LogP contribution < -0.4 is 0 Å². The summed E-state index contributed by atoms with van der Waals surface area (Å²) in [7, 11) is 0. The van der Waals surface area contributed by atoms with Crippen LogP contribution in [0.25, 0.3) is 0 Å². The van der Waals surface area contributed by atoms with Crippen LogP contribution in [-0.4, -0.2) is 11.1 Å². The monoisotopic (exact) mass is 208 g/mol. The van der Waals surface area contributed by atoms with Gasteiger partial charge in [0.1, 0.15) is 5.82 Å². The number of aromatic carboxylic acids is 1. The topological polar surface area (TPSA) is 37.3 Å². The van der Waals surface area contributed by atoms with E-state index in [1.54, 1.807) is 6.07 Å². The van der Waals surface area contributed by atoms with Gasteiger partial charge in [0, 0.05) is 0 Å². The fourth-order valence-corrected chi connectivity index (χ4v) is 2.22. The number of benzene rings is 1. The molecule has 0 amide bonds. The zero-order valence-corrected chi connectivity index (χ0v) is 8.37. The summed E-state index contributed by atoms with van der Waals surface area (Å²) in [5, 5.41) is 8.79. The molecule has 0 atom stereocenters. The molecule has 15 heavy (non-hydrogen) atoms. The molecule has 0 heterocycles. The van der Waals surface area contributed by atoms with Crippen LogP contribution in [0.15, 0.2) is 18.2 Å². The predicted octanol–water partition coefficient (Wildman–Crippen LogP) is 3.18. The highest BCUT2D eigenvalue weighted by Crippen LogP contribution is 2.34. The van der Waals surface area contributed by atoms with Gasteiger partial charge in [-0.05, 0) is 36.5 Å². The second-order valence-corrected chi connectivity index (χ2v) is 4.03. The van der Waals surface area contributed by atoms with Crippen molar-refractivity contribution < 1.29 is 14.3 Å². The largest absolute Gasteiger partial charge is 0.478 e. The quantitative estimate of drug-likeness (QED) is 0.810. The van der Waals surface area contributed by atoms with E-state index in [0.717, 1.165) is 18.4 Å². The Hall–Kier alpha value is -1.38. The lowest BCUT2D eigenvalue weighted by molar-refractivity contribution is 0.0691. The van der Waals surface area contributed by atoms with Crippen LogP contribution in [0.1, 0.15) is 47.5 Å². The van der Waals surface area contributed by atoms with Gasteiger partial charge < -0.3 is 5.11 Å². The van der Waals surface area contributed by atoms with E-state index in [4.69, 9.17) is 5.11 Å². The highest BCUT2D eigenvalue weighted by atomic mass is 19.1. The third kappa shape index (κ3) is 2.01. The first-order chi connectivity index (χ1) is 7.18. The van der Waals surface area contributed by atoms with Crippen molar-refractivity contribution in [2.75, 3.05) is 0 Å². The van der Waals surface area contributed by atoms with E-state index in [-0.39, 0.29) is 5.56 Å². The van der Waals surface area contributed by atoms with Gasteiger partial charge in [0.15, 0.2) is 0 Å². The maximum Gasteiger partial charge on any atom is 0.338 e. The van der Waals surface area contributed by atoms with Crippen molar-refractivity contribution in [1.29, 1.82) is 0 Å². The third-order valence-electron chi connectivity index (χ3n) is 3.05. The molecule has 0 radical (unpaired) electrons. The predicted molar refractivity (Wildman–Crippen MR) is 54.6 cm³/mol. The summed E-state index contributed by atoms with van der Waals surface area (Å²) in [6.07, 6.45) is 4.55. The summed E-state index contributed by atoms with van der Waals surface area (Å²) in [5.41, 5.74) is 0.755. The smallest absolute Gasteiger partial charge is 0.338 e. The maximum absolute atomic E-state index is 13.1. The van der Waals surface area contributed by atoms with E-state index in [1.807, 2.05) is 0 Å². The lowest BCUT2D eigenvalue weighted by atomic mass is 9.96. The van der Waals surface area contributed by atoms with Gasteiger partial charge in [-0.2, -0.15) is 0 Å². The molecule has 2 nitrogen and oxygen atoms in total. The highest BCUT2D eigenvalue weighted by molar-refractivity contribution is 5.88. The molecule has 2 rings (SSSR count). The van der Waals surface area contributed by atoms with E-state index in [1.165, 1.54) is 25.0 Å². The number of carboxylic acids is 1. The van der Waals surface area contributed by atoms with E-state index in [0.29, 0.717) is 5.92 Å². The Balaban J connectivity index is 2.33. The Morgan fingerprint density at radius 3 is 2.60 bits per heavy atom. The Bertz CT molecular complexity index is 381. The first kappa shape index (κ1) is 10.1. The Kier molecular flexibility index (Phi) is 2.71. The van der Waals surface area contributed by atoms with Crippen molar-refractivity contribution >= 4 is 5.97 Å². The number of hydrogen-bond acceptors (Lipinski definition) is 1. The molecule has 1 fully saturated rings. The van der Waals surface area contributed by atoms with Crippen LogP contribution in [0.2, 0.25) is 0 Å². The van der Waals surface area contributed by atoms with Gasteiger partial charge in [0.2, 0.25) is 0 Å². The molecule has 0 unspecified atom stereocenters. The van der Waals surface area contributed by atoms with Crippen molar-refractivity contribution in [3.05, 3.63) is 35.1 Å². The number of carbonyl (C=O) groups is 1. The first-order valence-electron chi connectivity index (χ1n) is 5.21. The molecule has 0 aromatic heterocycles. The summed E-state index contributed by atoms with van der Waals surface area (Å²) in [6, 6.07) is 4.45. The Morgan fingerprint density at radius 2 is 2.00 bits per heavy atom. The summed E-state index contributed by atoms with van der Waals surface area (Å²) in [4.78, 5) is 10.7. The highest BCUT2D eigenvalue weighted by Gasteiger charge is 2.19. The van der Waals surface area contributed by atoms with Crippen LogP contribution in [0, 0.1) is 5.82 Å². The maximum atomic E-state index is 13.1. The molecule has 3 heteroatoms. The van der Waals surface area contributed by atoms with Crippen molar-refractivity contribution in [3.8, 4) is 0 Å². The summed E-state index contributed by atoms with van der Waals surface area (Å²) < 4.78 is 13.1. The fraction of sp³-hybridized carbons (Fsp3) is 0.417. The number of rotatable bonds is 2. The fourth-order valence-electron chi connectivity index (χ4n) is 2.22. The molecule has 1 aliphatic rings. The average molecular weight is 208 g/mol. The van der Waals surface area contributed by atoms with E-state index >= 15 is 0 Å². The summed E-state index contributed by atoms with van der Waals surface area (Å²) >= 11 is 0. The lowest BCUT2D eigenvalue weighted by Crippen LogP contribution is -2.03. The SMILES string of the molecule is O=C(O)c1cc(C2CCCC2)ccc1F. The van der Waals surface area contributed by atoms with E-state index < -0.39 is 11.8 Å². The molecule has 80 valence electrons. The zero-order valence-electron chi connectivity index (χ0n) is 8.37. The molecule has 1 aromatic carbocycles. The lowest BCUT2D eigenvalue weighted by Gasteiger charge is -2.10. The van der Waals surface area contributed by atoms with Crippen molar-refractivity contribution in [1.82, 2.24) is 0 Å². The minimum absolute atomic E-state index is 0.209. The molecular weight excluding hydrogens is 195 g/mol. The van der Waals surface area contributed by atoms with Crippen molar-refractivity contribution in [3.63, 3.8) is 0 Å². The van der Waals surface area contributed by atoms with E-state index in [2.05, 4.69) is 0 Å². The van der Waals surface area contributed by atoms with Gasteiger partial charge in [0.25, 0.3) is 0 Å². The minimum Gasteiger partial charge on any atom is -0.478 e. The van der Waals surface area contributed by atoms with Crippen LogP contribution >= 0.6 is 0 Å². The van der Waals surface area contributed by atoms with Gasteiger partial charge in [-0.25, -0.2) is 9.18 Å². The number of halogens is 1. The van der Waals surface area contributed by atoms with Gasteiger partial charge in [0.05, 0.1) is 5.56 Å². The zero-order chi connectivity index (χ0) is 10.8. The molecule has 0 aliphatic heterocycles. The minimum atomic E-state index is -1.19. The van der Waals surface area contributed by atoms with Crippen LogP contribution in [0.3, 0.4) is 0 Å². The van der Waals surface area contributed by atoms with E-state index in [9.17, 15) is 9.18 Å². The summed E-state index contributed by atoms with van der Waals surface area (Å²) in [5.74, 6) is -1.42. The standard InChI is InChI=1S/C12H13FO2/c13-11-6-5-9(7-10(11)12(14)15)8-3-1-2-4-8/h5-8H,1-4H2,(H,14,15). The van der Waals surface area contributed by atoms with Crippen molar-refractivity contribution in [2.24, 2.45) is 0 Å². The van der Waals surface area contributed by atoms with Crippen LogP contribution in [0.5, 0.6) is 0 Å². The molecular formula is C12H13FO2. The van der Waals surface area contributed by atoms with Gasteiger partial charge in [-0.1, -0.05) is 18.9 Å². The third-order valence-corrected chi connectivity index (χ3v) is 3.05. The second-order valence-electron chi connectivity index (χ2n) is 4.03. The molecule has 1 aromatic rings. The van der Waals surface area contributed by atoms with Gasteiger partial charge in [-0.15, -0.1) is 0 Å². The molecule has 0 saturated heterocycles. The molecule has 1 aliphatic carbocycles. The average Bonchev–Trinajstić information content (AvgIpc) is 2.71. The normalized spacial score (nSPS) is 16.9. The van der Waals surface area contributed by atoms with Crippen molar-refractivity contribution in [2.45, 2.75) is 31.6 Å². The molecule has 0 bridgehead atoms.